The topological polar surface area (TPSA) is 92.7 Å². The van der Waals surface area contributed by atoms with Crippen molar-refractivity contribution in [3.63, 3.8) is 0 Å². The molecule has 0 saturated carbocycles. The van der Waals surface area contributed by atoms with Gasteiger partial charge in [0.1, 0.15) is 17.1 Å². The third-order valence-electron chi connectivity index (χ3n) is 5.24. The van der Waals surface area contributed by atoms with E-state index in [0.717, 1.165) is 19.3 Å². The number of nitrogens with zero attached hydrogens (tertiary/aromatic N) is 4. The summed E-state index contributed by atoms with van der Waals surface area (Å²) < 4.78 is 5.20. The lowest BCUT2D eigenvalue weighted by molar-refractivity contribution is -0.135. The molecule has 1 aliphatic heterocycles. The molecule has 166 valence electrons. The van der Waals surface area contributed by atoms with Crippen LogP contribution in [0.5, 0.6) is 0 Å². The predicted molar refractivity (Wildman–Crippen MR) is 113 cm³/mol. The van der Waals surface area contributed by atoms with Crippen LogP contribution < -0.4 is 0 Å². The Hall–Kier alpha value is -2.51. The number of esters is 1. The molecule has 30 heavy (non-hydrogen) atoms. The van der Waals surface area contributed by atoms with E-state index in [-0.39, 0.29) is 35.7 Å². The van der Waals surface area contributed by atoms with Crippen LogP contribution in [0.25, 0.3) is 0 Å². The Morgan fingerprint density at radius 3 is 2.43 bits per heavy atom. The fourth-order valence-corrected chi connectivity index (χ4v) is 3.75. The monoisotopic (exact) mass is 418 g/mol. The van der Waals surface area contributed by atoms with Crippen LogP contribution in [0.1, 0.15) is 85.7 Å². The molecule has 1 fully saturated rings. The summed E-state index contributed by atoms with van der Waals surface area (Å²) in [6.07, 6.45) is 3.73. The van der Waals surface area contributed by atoms with Gasteiger partial charge in [0.05, 0.1) is 12.3 Å². The summed E-state index contributed by atoms with van der Waals surface area (Å²) in [5.41, 5.74) is 0.819. The van der Waals surface area contributed by atoms with Crippen molar-refractivity contribution in [2.24, 2.45) is 0 Å². The van der Waals surface area contributed by atoms with E-state index < -0.39 is 5.97 Å². The molecule has 1 aromatic rings. The Bertz CT molecular complexity index is 781. The molecule has 2 heterocycles. The van der Waals surface area contributed by atoms with Gasteiger partial charge >= 0.3 is 5.97 Å². The normalized spacial score (nSPS) is 16.5. The quantitative estimate of drug-likeness (QED) is 0.603. The Kier molecular flexibility index (Phi) is 8.74. The molecule has 2 amide bonds. The number of aryl methyl sites for hydroxylation is 2. The van der Waals surface area contributed by atoms with E-state index in [2.05, 4.69) is 16.9 Å². The summed E-state index contributed by atoms with van der Waals surface area (Å²) in [7, 11) is 0. The fraction of sp³-hybridized carbons (Fsp3) is 0.682. The van der Waals surface area contributed by atoms with Gasteiger partial charge in [0.15, 0.2) is 0 Å². The number of hydrogen-bond donors (Lipinski definition) is 0. The van der Waals surface area contributed by atoms with Gasteiger partial charge in [-0.05, 0) is 33.6 Å². The number of amides is 2. The Morgan fingerprint density at radius 2 is 1.83 bits per heavy atom. The first kappa shape index (κ1) is 23.8. The van der Waals surface area contributed by atoms with E-state index in [0.29, 0.717) is 44.0 Å². The highest BCUT2D eigenvalue weighted by molar-refractivity contribution is 6.04. The summed E-state index contributed by atoms with van der Waals surface area (Å²) in [6.45, 7) is 11.0. The molecule has 1 atom stereocenters. The maximum atomic E-state index is 13.4. The Morgan fingerprint density at radius 1 is 1.10 bits per heavy atom. The largest absolute Gasteiger partial charge is 0.462 e. The zero-order chi connectivity index (χ0) is 22.3. The molecule has 0 aromatic carbocycles. The lowest BCUT2D eigenvalue weighted by atomic mass is 10.1. The second-order valence-corrected chi connectivity index (χ2v) is 7.70. The van der Waals surface area contributed by atoms with Gasteiger partial charge < -0.3 is 14.5 Å². The zero-order valence-corrected chi connectivity index (χ0v) is 18.9. The fourth-order valence-electron chi connectivity index (χ4n) is 3.75. The van der Waals surface area contributed by atoms with Crippen molar-refractivity contribution in [2.75, 3.05) is 26.2 Å². The molecule has 0 bridgehead atoms. The zero-order valence-electron chi connectivity index (χ0n) is 18.9. The van der Waals surface area contributed by atoms with Crippen molar-refractivity contribution in [2.45, 2.75) is 72.8 Å². The van der Waals surface area contributed by atoms with Gasteiger partial charge in [0.25, 0.3) is 5.91 Å². The Balaban J connectivity index is 2.28. The van der Waals surface area contributed by atoms with E-state index in [1.165, 1.54) is 0 Å². The van der Waals surface area contributed by atoms with Gasteiger partial charge in [-0.15, -0.1) is 0 Å². The third kappa shape index (κ3) is 5.55. The summed E-state index contributed by atoms with van der Waals surface area (Å²) >= 11 is 0. The number of rotatable bonds is 8. The van der Waals surface area contributed by atoms with Crippen molar-refractivity contribution in [1.29, 1.82) is 0 Å². The molecule has 8 heteroatoms. The van der Waals surface area contributed by atoms with Gasteiger partial charge in [0, 0.05) is 32.1 Å². The minimum atomic E-state index is -0.564. The molecule has 1 saturated heterocycles. The molecule has 2 rings (SSSR count). The van der Waals surface area contributed by atoms with Crippen molar-refractivity contribution in [1.82, 2.24) is 19.8 Å². The van der Waals surface area contributed by atoms with E-state index in [9.17, 15) is 14.4 Å². The molecule has 1 unspecified atom stereocenters. The SMILES string of the molecule is CCCCC(=O)N1CCN(C(=O)c2nc(C)nc(CCC)c2C(=O)OCC)CC1C. The van der Waals surface area contributed by atoms with Crippen LogP contribution in [0.2, 0.25) is 0 Å². The molecule has 1 aliphatic rings. The number of carbonyl (C=O) groups is 3. The van der Waals surface area contributed by atoms with Crippen LogP contribution in [0.4, 0.5) is 0 Å². The Labute approximate surface area is 179 Å². The average molecular weight is 419 g/mol. The minimum absolute atomic E-state index is 0.0869. The molecular weight excluding hydrogens is 384 g/mol. The van der Waals surface area contributed by atoms with Crippen LogP contribution >= 0.6 is 0 Å². The van der Waals surface area contributed by atoms with Crippen LogP contribution in [-0.4, -0.2) is 69.8 Å². The maximum absolute atomic E-state index is 13.4. The van der Waals surface area contributed by atoms with Gasteiger partial charge in [-0.2, -0.15) is 0 Å². The van der Waals surface area contributed by atoms with Crippen LogP contribution in [0.3, 0.4) is 0 Å². The lowest BCUT2D eigenvalue weighted by Gasteiger charge is -2.40. The van der Waals surface area contributed by atoms with Crippen LogP contribution in [-0.2, 0) is 16.0 Å². The first-order chi connectivity index (χ1) is 14.3. The first-order valence-electron chi connectivity index (χ1n) is 11.0. The second kappa shape index (κ2) is 11.0. The molecule has 1 aromatic heterocycles. The van der Waals surface area contributed by atoms with Gasteiger partial charge in [-0.1, -0.05) is 26.7 Å². The van der Waals surface area contributed by atoms with E-state index >= 15 is 0 Å². The summed E-state index contributed by atoms with van der Waals surface area (Å²) in [4.78, 5) is 50.7. The first-order valence-corrected chi connectivity index (χ1v) is 11.0. The van der Waals surface area contributed by atoms with Crippen molar-refractivity contribution in [3.8, 4) is 0 Å². The number of piperazine rings is 1. The molecule has 0 N–H and O–H groups in total. The lowest BCUT2D eigenvalue weighted by Crippen LogP contribution is -2.55. The van der Waals surface area contributed by atoms with E-state index in [1.807, 2.05) is 18.7 Å². The molecule has 0 aliphatic carbocycles. The number of hydrogen-bond acceptors (Lipinski definition) is 6. The maximum Gasteiger partial charge on any atom is 0.342 e. The third-order valence-corrected chi connectivity index (χ3v) is 5.24. The number of aromatic nitrogens is 2. The number of carbonyl (C=O) groups excluding carboxylic acids is 3. The molecule has 0 radical (unpaired) electrons. The summed E-state index contributed by atoms with van der Waals surface area (Å²) in [5.74, 6) is -0.290. The van der Waals surface area contributed by atoms with Crippen molar-refractivity contribution < 1.29 is 19.1 Å². The van der Waals surface area contributed by atoms with Gasteiger partial charge in [0.2, 0.25) is 5.91 Å². The molecule has 8 nitrogen and oxygen atoms in total. The van der Waals surface area contributed by atoms with Crippen LogP contribution in [0.15, 0.2) is 0 Å². The average Bonchev–Trinajstić information content (AvgIpc) is 2.71. The standard InChI is InChI=1S/C22H34N4O4/c1-6-9-11-18(27)26-13-12-25(14-15(26)4)21(28)20-19(22(29)30-8-3)17(10-7-2)23-16(5)24-20/h15H,6-14H2,1-5H3. The smallest absolute Gasteiger partial charge is 0.342 e. The van der Waals surface area contributed by atoms with Crippen molar-refractivity contribution in [3.05, 3.63) is 22.8 Å². The number of ether oxygens (including phenoxy) is 1. The van der Waals surface area contributed by atoms with Crippen molar-refractivity contribution >= 4 is 17.8 Å². The van der Waals surface area contributed by atoms with E-state index in [4.69, 9.17) is 4.74 Å². The van der Waals surface area contributed by atoms with Gasteiger partial charge in [-0.25, -0.2) is 14.8 Å². The highest BCUT2D eigenvalue weighted by atomic mass is 16.5. The highest BCUT2D eigenvalue weighted by Gasteiger charge is 2.33. The summed E-state index contributed by atoms with van der Waals surface area (Å²) in [5, 5.41) is 0. The predicted octanol–water partition coefficient (Wildman–Crippen LogP) is 2.78. The molecule has 0 spiro atoms. The summed E-state index contributed by atoms with van der Waals surface area (Å²) in [6, 6.07) is -0.0869. The number of unbranched alkanes of at least 4 members (excludes halogenated alkanes) is 1. The highest BCUT2D eigenvalue weighted by Crippen LogP contribution is 2.20. The minimum Gasteiger partial charge on any atom is -0.462 e. The van der Waals surface area contributed by atoms with E-state index in [1.54, 1.807) is 18.7 Å². The van der Waals surface area contributed by atoms with Crippen LogP contribution in [0, 0.1) is 6.92 Å². The van der Waals surface area contributed by atoms with Gasteiger partial charge in [-0.3, -0.25) is 9.59 Å². The second-order valence-electron chi connectivity index (χ2n) is 7.70. The molecular formula is C22H34N4O4.